The molecule has 1 aromatic carbocycles. The first-order valence-electron chi connectivity index (χ1n) is 7.89. The highest BCUT2D eigenvalue weighted by atomic mass is 16.5. The average molecular weight is 304 g/mol. The van der Waals surface area contributed by atoms with Crippen LogP contribution in [0.3, 0.4) is 0 Å². The maximum Gasteiger partial charge on any atom is 0.306 e. The number of nitrogens with zero attached hydrogens (tertiary/aromatic N) is 1. The molecular weight excluding hydrogens is 280 g/mol. The summed E-state index contributed by atoms with van der Waals surface area (Å²) in [5, 5.41) is 2.72. The van der Waals surface area contributed by atoms with Crippen LogP contribution in [0.2, 0.25) is 0 Å². The quantitative estimate of drug-likeness (QED) is 0.850. The molecule has 1 saturated heterocycles. The molecule has 5 heteroatoms. The van der Waals surface area contributed by atoms with Gasteiger partial charge in [0.05, 0.1) is 0 Å². The molecule has 0 spiro atoms. The zero-order valence-corrected chi connectivity index (χ0v) is 13.3. The van der Waals surface area contributed by atoms with Gasteiger partial charge in [0.25, 0.3) is 5.91 Å². The van der Waals surface area contributed by atoms with Gasteiger partial charge in [0.15, 0.2) is 6.61 Å². The predicted molar refractivity (Wildman–Crippen MR) is 86.9 cm³/mol. The maximum absolute atomic E-state index is 11.7. The molecule has 0 atom stereocenters. The van der Waals surface area contributed by atoms with Crippen LogP contribution in [0.25, 0.3) is 0 Å². The van der Waals surface area contributed by atoms with Crippen LogP contribution in [0.4, 0.5) is 11.4 Å². The van der Waals surface area contributed by atoms with Crippen LogP contribution in [0.15, 0.2) is 24.3 Å². The first kappa shape index (κ1) is 16.3. The van der Waals surface area contributed by atoms with Crippen LogP contribution in [-0.4, -0.2) is 31.6 Å². The summed E-state index contributed by atoms with van der Waals surface area (Å²) < 4.78 is 4.79. The van der Waals surface area contributed by atoms with Crippen molar-refractivity contribution in [3.8, 4) is 0 Å². The second-order valence-corrected chi connectivity index (χ2v) is 5.78. The molecule has 0 aromatic heterocycles. The topological polar surface area (TPSA) is 58.6 Å². The minimum absolute atomic E-state index is 0.238. The fraction of sp³-hybridized carbons (Fsp3) is 0.529. The largest absolute Gasteiger partial charge is 0.456 e. The smallest absolute Gasteiger partial charge is 0.306 e. The summed E-state index contributed by atoms with van der Waals surface area (Å²) in [6.07, 6.45) is 2.72. The number of ether oxygens (including phenoxy) is 1. The number of carbonyl (C=O) groups excluding carboxylic acids is 2. The minimum Gasteiger partial charge on any atom is -0.456 e. The highest BCUT2D eigenvalue weighted by Crippen LogP contribution is 2.24. The lowest BCUT2D eigenvalue weighted by atomic mass is 9.99. The number of rotatable bonds is 5. The van der Waals surface area contributed by atoms with Crippen molar-refractivity contribution in [2.24, 2.45) is 5.92 Å². The molecule has 1 fully saturated rings. The van der Waals surface area contributed by atoms with Gasteiger partial charge >= 0.3 is 5.97 Å². The number of benzene rings is 1. The molecule has 1 amide bonds. The van der Waals surface area contributed by atoms with Crippen LogP contribution in [0.1, 0.15) is 33.1 Å². The summed E-state index contributed by atoms with van der Waals surface area (Å²) in [6, 6.07) is 7.80. The van der Waals surface area contributed by atoms with E-state index in [9.17, 15) is 9.59 Å². The predicted octanol–water partition coefficient (Wildman–Crippen LogP) is 2.81. The van der Waals surface area contributed by atoms with Crippen LogP contribution in [0, 0.1) is 5.92 Å². The van der Waals surface area contributed by atoms with E-state index in [-0.39, 0.29) is 24.9 Å². The van der Waals surface area contributed by atoms with Gasteiger partial charge in [-0.2, -0.15) is 0 Å². The maximum atomic E-state index is 11.7. The Morgan fingerprint density at radius 1 is 1.23 bits per heavy atom. The highest BCUT2D eigenvalue weighted by molar-refractivity contribution is 5.92. The SMILES string of the molecule is CCC(=O)OCC(=O)Nc1ccc(N2CCC(C)CC2)cc1. The summed E-state index contributed by atoms with van der Waals surface area (Å²) in [5.41, 5.74) is 1.90. The minimum atomic E-state index is -0.371. The van der Waals surface area contributed by atoms with Crippen LogP contribution in [0.5, 0.6) is 0 Å². The van der Waals surface area contributed by atoms with E-state index >= 15 is 0 Å². The van der Waals surface area contributed by atoms with Crippen molar-refractivity contribution in [3.63, 3.8) is 0 Å². The van der Waals surface area contributed by atoms with E-state index < -0.39 is 0 Å². The third kappa shape index (κ3) is 4.76. The Labute approximate surface area is 131 Å². The number of hydrogen-bond acceptors (Lipinski definition) is 4. The lowest BCUT2D eigenvalue weighted by molar-refractivity contribution is -0.146. The number of amides is 1. The number of nitrogens with one attached hydrogen (secondary N) is 1. The van der Waals surface area contributed by atoms with Crippen molar-refractivity contribution in [2.75, 3.05) is 29.9 Å². The number of anilines is 2. The second-order valence-electron chi connectivity index (χ2n) is 5.78. The molecular formula is C17H24N2O3. The third-order valence-corrected chi connectivity index (χ3v) is 3.95. The molecule has 0 bridgehead atoms. The first-order chi connectivity index (χ1) is 10.6. The highest BCUT2D eigenvalue weighted by Gasteiger charge is 2.16. The van der Waals surface area contributed by atoms with Crippen molar-refractivity contribution in [1.29, 1.82) is 0 Å². The molecule has 1 aliphatic heterocycles. The molecule has 1 aromatic rings. The van der Waals surface area contributed by atoms with Gasteiger partial charge in [-0.1, -0.05) is 13.8 Å². The summed E-state index contributed by atoms with van der Waals surface area (Å²) in [6.45, 7) is 5.92. The van der Waals surface area contributed by atoms with Crippen molar-refractivity contribution in [1.82, 2.24) is 0 Å². The molecule has 1 N–H and O–H groups in total. The fourth-order valence-electron chi connectivity index (χ4n) is 2.47. The van der Waals surface area contributed by atoms with Gasteiger partial charge in [-0.15, -0.1) is 0 Å². The summed E-state index contributed by atoms with van der Waals surface area (Å²) >= 11 is 0. The Bertz CT molecular complexity index is 505. The molecule has 0 unspecified atom stereocenters. The van der Waals surface area contributed by atoms with Crippen LogP contribution in [-0.2, 0) is 14.3 Å². The second kappa shape index (κ2) is 7.82. The lowest BCUT2D eigenvalue weighted by Crippen LogP contribution is -2.32. The van der Waals surface area contributed by atoms with E-state index in [4.69, 9.17) is 4.74 Å². The lowest BCUT2D eigenvalue weighted by Gasteiger charge is -2.32. The number of piperidine rings is 1. The Balaban J connectivity index is 1.84. The van der Waals surface area contributed by atoms with Crippen molar-refractivity contribution >= 4 is 23.3 Å². The summed E-state index contributed by atoms with van der Waals surface area (Å²) in [4.78, 5) is 25.0. The van der Waals surface area contributed by atoms with Crippen LogP contribution >= 0.6 is 0 Å². The van der Waals surface area contributed by atoms with E-state index in [0.717, 1.165) is 19.0 Å². The first-order valence-corrected chi connectivity index (χ1v) is 7.89. The molecule has 120 valence electrons. The zero-order chi connectivity index (χ0) is 15.9. The Hall–Kier alpha value is -2.04. The molecule has 5 nitrogen and oxygen atoms in total. The van der Waals surface area contributed by atoms with Crippen molar-refractivity contribution in [2.45, 2.75) is 33.1 Å². The molecule has 2 rings (SSSR count). The van der Waals surface area contributed by atoms with Gasteiger partial charge in [-0.25, -0.2) is 0 Å². The zero-order valence-electron chi connectivity index (χ0n) is 13.3. The summed E-state index contributed by atoms with van der Waals surface area (Å²) in [7, 11) is 0. The number of carbonyl (C=O) groups is 2. The van der Waals surface area contributed by atoms with Gasteiger partial charge in [-0.3, -0.25) is 9.59 Å². The monoisotopic (exact) mass is 304 g/mol. The fourth-order valence-corrected chi connectivity index (χ4v) is 2.47. The number of hydrogen-bond donors (Lipinski definition) is 1. The Morgan fingerprint density at radius 3 is 2.45 bits per heavy atom. The van der Waals surface area contributed by atoms with Gasteiger partial charge in [0.1, 0.15) is 0 Å². The standard InChI is InChI=1S/C17H24N2O3/c1-3-17(21)22-12-16(20)18-14-4-6-15(7-5-14)19-10-8-13(2)9-11-19/h4-7,13H,3,8-12H2,1-2H3,(H,18,20). The van der Waals surface area contributed by atoms with Gasteiger partial charge in [0, 0.05) is 30.9 Å². The molecule has 0 aliphatic carbocycles. The van der Waals surface area contributed by atoms with E-state index in [2.05, 4.69) is 17.1 Å². The van der Waals surface area contributed by atoms with Gasteiger partial charge < -0.3 is 15.0 Å². The van der Waals surface area contributed by atoms with Crippen LogP contribution < -0.4 is 10.2 Å². The van der Waals surface area contributed by atoms with E-state index in [1.807, 2.05) is 24.3 Å². The molecule has 0 saturated carbocycles. The molecule has 22 heavy (non-hydrogen) atoms. The van der Waals surface area contributed by atoms with Gasteiger partial charge in [0.2, 0.25) is 0 Å². The average Bonchev–Trinajstić information content (AvgIpc) is 2.54. The number of esters is 1. The van der Waals surface area contributed by atoms with E-state index in [0.29, 0.717) is 5.69 Å². The van der Waals surface area contributed by atoms with Crippen molar-refractivity contribution < 1.29 is 14.3 Å². The summed E-state index contributed by atoms with van der Waals surface area (Å²) in [5.74, 6) is 0.117. The molecule has 1 heterocycles. The van der Waals surface area contributed by atoms with E-state index in [1.54, 1.807) is 6.92 Å². The van der Waals surface area contributed by atoms with Gasteiger partial charge in [-0.05, 0) is 43.0 Å². The molecule has 0 radical (unpaired) electrons. The Kier molecular flexibility index (Phi) is 5.81. The van der Waals surface area contributed by atoms with Crippen molar-refractivity contribution in [3.05, 3.63) is 24.3 Å². The Morgan fingerprint density at radius 2 is 1.86 bits per heavy atom. The van der Waals surface area contributed by atoms with E-state index in [1.165, 1.54) is 18.5 Å². The normalized spacial score (nSPS) is 15.5. The third-order valence-electron chi connectivity index (χ3n) is 3.95. The molecule has 1 aliphatic rings.